The summed E-state index contributed by atoms with van der Waals surface area (Å²) in [7, 11) is 1.39. The fourth-order valence-corrected chi connectivity index (χ4v) is 2.34. The maximum Gasteiger partial charge on any atom is 0.319 e. The molecule has 0 atom stereocenters. The van der Waals surface area contributed by atoms with Gasteiger partial charge in [-0.15, -0.1) is 0 Å². The van der Waals surface area contributed by atoms with Crippen molar-refractivity contribution in [1.82, 2.24) is 5.32 Å². The molecule has 0 aromatic rings. The standard InChI is InChI=1S/C15H23NO2/c1-5-7-13(6-2)15(8-9-15)12(3)10-16-11-14(17)18-4/h5,7,16H,1,3,6,8-11H2,2,4H3/b13-7+. The number of allylic oxidation sites excluding steroid dienone is 3. The van der Waals surface area contributed by atoms with Crippen molar-refractivity contribution in [2.24, 2.45) is 5.41 Å². The third kappa shape index (κ3) is 3.33. The number of hydrogen-bond donors (Lipinski definition) is 1. The van der Waals surface area contributed by atoms with E-state index < -0.39 is 0 Å². The average Bonchev–Trinajstić information content (AvgIpc) is 3.16. The first kappa shape index (κ1) is 14.7. The summed E-state index contributed by atoms with van der Waals surface area (Å²) in [5.74, 6) is -0.245. The molecule has 100 valence electrons. The molecule has 1 N–H and O–H groups in total. The van der Waals surface area contributed by atoms with Gasteiger partial charge in [-0.1, -0.05) is 43.4 Å². The van der Waals surface area contributed by atoms with Crippen LogP contribution in [0.15, 0.2) is 36.5 Å². The second kappa shape index (κ2) is 6.55. The first-order chi connectivity index (χ1) is 8.60. The lowest BCUT2D eigenvalue weighted by Gasteiger charge is -2.21. The van der Waals surface area contributed by atoms with Gasteiger partial charge in [0.15, 0.2) is 0 Å². The van der Waals surface area contributed by atoms with Gasteiger partial charge in [-0.25, -0.2) is 0 Å². The molecule has 3 nitrogen and oxygen atoms in total. The van der Waals surface area contributed by atoms with E-state index in [-0.39, 0.29) is 17.9 Å². The Balaban J connectivity index is 2.53. The van der Waals surface area contributed by atoms with Crippen LogP contribution in [0.1, 0.15) is 26.2 Å². The van der Waals surface area contributed by atoms with E-state index in [4.69, 9.17) is 0 Å². The molecular formula is C15H23NO2. The number of nitrogens with one attached hydrogen (secondary N) is 1. The molecular weight excluding hydrogens is 226 g/mol. The Morgan fingerprint density at radius 2 is 2.11 bits per heavy atom. The number of carbonyl (C=O) groups is 1. The Bertz CT molecular complexity index is 365. The van der Waals surface area contributed by atoms with E-state index in [1.165, 1.54) is 12.7 Å². The van der Waals surface area contributed by atoms with Gasteiger partial charge < -0.3 is 10.1 Å². The van der Waals surface area contributed by atoms with Gasteiger partial charge >= 0.3 is 5.97 Å². The molecule has 0 amide bonds. The number of esters is 1. The van der Waals surface area contributed by atoms with Crippen molar-refractivity contribution in [3.8, 4) is 0 Å². The van der Waals surface area contributed by atoms with Crippen LogP contribution in [0.2, 0.25) is 0 Å². The summed E-state index contributed by atoms with van der Waals surface area (Å²) in [5, 5.41) is 3.08. The van der Waals surface area contributed by atoms with Crippen molar-refractivity contribution in [2.45, 2.75) is 26.2 Å². The molecule has 0 aliphatic heterocycles. The van der Waals surface area contributed by atoms with E-state index in [0.29, 0.717) is 6.54 Å². The van der Waals surface area contributed by atoms with Crippen molar-refractivity contribution in [3.63, 3.8) is 0 Å². The molecule has 0 saturated heterocycles. The number of rotatable bonds is 8. The highest BCUT2D eigenvalue weighted by atomic mass is 16.5. The van der Waals surface area contributed by atoms with E-state index in [2.05, 4.69) is 36.2 Å². The summed E-state index contributed by atoms with van der Waals surface area (Å²) in [6.07, 6.45) is 7.26. The quantitative estimate of drug-likeness (QED) is 0.408. The smallest absolute Gasteiger partial charge is 0.319 e. The highest BCUT2D eigenvalue weighted by molar-refractivity contribution is 5.71. The molecule has 0 radical (unpaired) electrons. The molecule has 0 aromatic carbocycles. The normalized spacial score (nSPS) is 17.1. The molecule has 1 saturated carbocycles. The van der Waals surface area contributed by atoms with Gasteiger partial charge in [0.2, 0.25) is 0 Å². The van der Waals surface area contributed by atoms with Crippen molar-refractivity contribution in [1.29, 1.82) is 0 Å². The summed E-state index contributed by atoms with van der Waals surface area (Å²) in [5.41, 5.74) is 2.69. The number of hydrogen-bond acceptors (Lipinski definition) is 3. The maximum atomic E-state index is 11.0. The first-order valence-electron chi connectivity index (χ1n) is 6.38. The highest BCUT2D eigenvalue weighted by Crippen LogP contribution is 2.57. The van der Waals surface area contributed by atoms with Crippen LogP contribution in [-0.2, 0) is 9.53 Å². The Kier molecular flexibility index (Phi) is 5.35. The predicted molar refractivity (Wildman–Crippen MR) is 74.3 cm³/mol. The van der Waals surface area contributed by atoms with Crippen molar-refractivity contribution in [3.05, 3.63) is 36.5 Å². The molecule has 0 bridgehead atoms. The van der Waals surface area contributed by atoms with Gasteiger partial charge in [-0.2, -0.15) is 0 Å². The number of carbonyl (C=O) groups excluding carboxylic acids is 1. The largest absolute Gasteiger partial charge is 0.468 e. The van der Waals surface area contributed by atoms with Crippen molar-refractivity contribution >= 4 is 5.97 Å². The molecule has 0 unspecified atom stereocenters. The molecule has 1 aliphatic rings. The predicted octanol–water partition coefficient (Wildman–Crippen LogP) is 2.61. The molecule has 1 fully saturated rings. The summed E-state index contributed by atoms with van der Waals surface area (Å²) in [6, 6.07) is 0. The van der Waals surface area contributed by atoms with Crippen molar-refractivity contribution in [2.75, 3.05) is 20.2 Å². The van der Waals surface area contributed by atoms with E-state index >= 15 is 0 Å². The zero-order chi connectivity index (χ0) is 13.6. The second-order valence-electron chi connectivity index (χ2n) is 4.65. The van der Waals surface area contributed by atoms with Gasteiger partial charge in [0, 0.05) is 12.0 Å². The number of ether oxygens (including phenoxy) is 1. The van der Waals surface area contributed by atoms with Gasteiger partial charge in [0.25, 0.3) is 0 Å². The van der Waals surface area contributed by atoms with Crippen LogP contribution in [0.25, 0.3) is 0 Å². The van der Waals surface area contributed by atoms with Crippen molar-refractivity contribution < 1.29 is 9.53 Å². The average molecular weight is 249 g/mol. The Morgan fingerprint density at radius 3 is 2.56 bits per heavy atom. The summed E-state index contributed by atoms with van der Waals surface area (Å²) < 4.78 is 4.58. The fraction of sp³-hybridized carbons (Fsp3) is 0.533. The lowest BCUT2D eigenvalue weighted by atomic mass is 9.86. The van der Waals surface area contributed by atoms with Crippen LogP contribution >= 0.6 is 0 Å². The molecule has 18 heavy (non-hydrogen) atoms. The summed E-state index contributed by atoms with van der Waals surface area (Å²) in [6.45, 7) is 11.0. The Morgan fingerprint density at radius 1 is 1.44 bits per heavy atom. The first-order valence-corrected chi connectivity index (χ1v) is 6.38. The van der Waals surface area contributed by atoms with Crippen LogP contribution in [0.3, 0.4) is 0 Å². The molecule has 0 aromatic heterocycles. The van der Waals surface area contributed by atoms with Crippen LogP contribution in [0, 0.1) is 5.41 Å². The summed E-state index contributed by atoms with van der Waals surface area (Å²) >= 11 is 0. The SMILES string of the molecule is C=C/C=C(\CC)C1(C(=C)CNCC(=O)OC)CC1. The third-order valence-corrected chi connectivity index (χ3v) is 3.58. The van der Waals surface area contributed by atoms with E-state index in [1.807, 2.05) is 6.08 Å². The highest BCUT2D eigenvalue weighted by Gasteiger charge is 2.46. The van der Waals surface area contributed by atoms with Crippen LogP contribution in [-0.4, -0.2) is 26.2 Å². The van der Waals surface area contributed by atoms with E-state index in [1.54, 1.807) is 0 Å². The monoisotopic (exact) mass is 249 g/mol. The Labute approximate surface area is 110 Å². The van der Waals surface area contributed by atoms with Crippen LogP contribution < -0.4 is 5.32 Å². The summed E-state index contributed by atoms with van der Waals surface area (Å²) in [4.78, 5) is 11.0. The maximum absolute atomic E-state index is 11.0. The van der Waals surface area contributed by atoms with E-state index in [9.17, 15) is 4.79 Å². The van der Waals surface area contributed by atoms with Gasteiger partial charge in [0.05, 0.1) is 13.7 Å². The fourth-order valence-electron chi connectivity index (χ4n) is 2.34. The minimum Gasteiger partial charge on any atom is -0.468 e. The lowest BCUT2D eigenvalue weighted by molar-refractivity contribution is -0.139. The minimum absolute atomic E-state index is 0.145. The zero-order valence-corrected chi connectivity index (χ0v) is 11.4. The molecule has 3 heteroatoms. The molecule has 1 aliphatic carbocycles. The van der Waals surface area contributed by atoms with E-state index in [0.717, 1.165) is 24.8 Å². The van der Waals surface area contributed by atoms with Gasteiger partial charge in [-0.05, 0) is 19.3 Å². The number of methoxy groups -OCH3 is 1. The lowest BCUT2D eigenvalue weighted by Crippen LogP contribution is -2.28. The molecule has 0 heterocycles. The molecule has 1 rings (SSSR count). The zero-order valence-electron chi connectivity index (χ0n) is 11.4. The van der Waals surface area contributed by atoms with Gasteiger partial charge in [-0.3, -0.25) is 4.79 Å². The topological polar surface area (TPSA) is 38.3 Å². The van der Waals surface area contributed by atoms with Crippen LogP contribution in [0.5, 0.6) is 0 Å². The third-order valence-electron chi connectivity index (χ3n) is 3.58. The minimum atomic E-state index is -0.245. The molecule has 0 spiro atoms. The second-order valence-corrected chi connectivity index (χ2v) is 4.65. The van der Waals surface area contributed by atoms with Crippen LogP contribution in [0.4, 0.5) is 0 Å². The van der Waals surface area contributed by atoms with Gasteiger partial charge in [0.1, 0.15) is 0 Å². The Hall–Kier alpha value is -1.35.